The molecule has 3 aromatic heterocycles. The fourth-order valence-electron chi connectivity index (χ4n) is 6.49. The van der Waals surface area contributed by atoms with Gasteiger partial charge in [-0.05, 0) is 84.0 Å². The molecule has 0 radical (unpaired) electrons. The molecule has 4 aromatic carbocycles. The van der Waals surface area contributed by atoms with Gasteiger partial charge in [0.05, 0.1) is 5.69 Å². The van der Waals surface area contributed by atoms with Gasteiger partial charge in [-0.1, -0.05) is 82.6 Å². The summed E-state index contributed by atoms with van der Waals surface area (Å²) in [7, 11) is 0. The topological polar surface area (TPSA) is 44.9 Å². The summed E-state index contributed by atoms with van der Waals surface area (Å²) in [5.74, 6) is 2.53. The molecule has 0 bridgehead atoms. The second-order valence-corrected chi connectivity index (χ2v) is 14.3. The van der Waals surface area contributed by atoms with Gasteiger partial charge in [0.15, 0.2) is 0 Å². The molecule has 3 heterocycles. The molecule has 7 aromatic rings. The Morgan fingerprint density at radius 2 is 1.59 bits per heavy atom. The molecule has 0 fully saturated rings. The Hall–Kier alpha value is -4.47. The van der Waals surface area contributed by atoms with Crippen LogP contribution in [0.2, 0.25) is 0 Å². The van der Waals surface area contributed by atoms with E-state index in [2.05, 4.69) is 126 Å². The molecule has 0 aliphatic rings. The Morgan fingerprint density at radius 1 is 0.816 bits per heavy atom. The fraction of sp³-hybridized carbons (Fsp3) is 0.256. The van der Waals surface area contributed by atoms with Crippen molar-refractivity contribution in [1.29, 1.82) is 0 Å². The van der Waals surface area contributed by atoms with Crippen molar-refractivity contribution in [1.82, 2.24) is 19.3 Å². The smallest absolute Gasteiger partial charge is 0.509 e. The predicted molar refractivity (Wildman–Crippen MR) is 197 cm³/mol. The monoisotopic (exact) mass is 825 g/mol. The molecule has 0 amide bonds. The maximum Gasteiger partial charge on any atom is 2.00 e. The number of rotatable bonds is 8. The van der Waals surface area contributed by atoms with E-state index in [1.807, 2.05) is 41.2 Å². The molecule has 0 atom stereocenters. The minimum atomic E-state index is 0. The number of aryl methyl sites for hydroxylation is 2. The maximum atomic E-state index is 6.47. The molecule has 0 spiro atoms. The van der Waals surface area contributed by atoms with Gasteiger partial charge in [0.1, 0.15) is 5.82 Å². The largest absolute Gasteiger partial charge is 2.00 e. The van der Waals surface area contributed by atoms with Crippen molar-refractivity contribution in [2.45, 2.75) is 67.2 Å². The number of aromatic nitrogens is 4. The molecule has 0 aliphatic carbocycles. The molecule has 0 aliphatic heterocycles. The van der Waals surface area contributed by atoms with Crippen molar-refractivity contribution >= 4 is 21.8 Å². The third-order valence-corrected chi connectivity index (χ3v) is 9.10. The third-order valence-electron chi connectivity index (χ3n) is 9.10. The summed E-state index contributed by atoms with van der Waals surface area (Å²) in [4.78, 5) is 4.87. The number of benzene rings is 4. The van der Waals surface area contributed by atoms with Gasteiger partial charge in [-0.3, -0.25) is 4.68 Å². The van der Waals surface area contributed by atoms with E-state index in [-0.39, 0.29) is 26.5 Å². The van der Waals surface area contributed by atoms with Crippen molar-refractivity contribution in [3.8, 4) is 34.1 Å². The van der Waals surface area contributed by atoms with Gasteiger partial charge in [0.2, 0.25) is 0 Å². The van der Waals surface area contributed by atoms with Gasteiger partial charge < -0.3 is 9.30 Å². The summed E-state index contributed by atoms with van der Waals surface area (Å²) < 4.78 is 10.6. The van der Waals surface area contributed by atoms with Gasteiger partial charge in [0.25, 0.3) is 0 Å². The Balaban J connectivity index is 0.00000417. The van der Waals surface area contributed by atoms with Crippen molar-refractivity contribution in [2.24, 2.45) is 5.41 Å². The van der Waals surface area contributed by atoms with E-state index >= 15 is 0 Å². The molecule has 0 unspecified atom stereocenters. The van der Waals surface area contributed by atoms with E-state index in [1.54, 1.807) is 0 Å². The van der Waals surface area contributed by atoms with Crippen LogP contribution >= 0.6 is 0 Å². The SMILES string of the molecule is Cc1nn(-c2[c-]c(Oc3[c-]c4c(cc3)c3cc(C(C)C)ccc3n4-c3cc(CCC(C)(C)C)ccn3)ccc2)c(C)c1-c1ccccc1.[Pt+2]. The average molecular weight is 826 g/mol. The van der Waals surface area contributed by atoms with Gasteiger partial charge in [0, 0.05) is 34.5 Å². The van der Waals surface area contributed by atoms with Gasteiger partial charge in [-0.15, -0.1) is 35.7 Å². The quantitative estimate of drug-likeness (QED) is 0.143. The normalized spacial score (nSPS) is 11.8. The Morgan fingerprint density at radius 3 is 2.35 bits per heavy atom. The van der Waals surface area contributed by atoms with Crippen LogP contribution in [0.1, 0.15) is 69.5 Å². The first-order valence-electron chi connectivity index (χ1n) is 16.8. The second-order valence-electron chi connectivity index (χ2n) is 14.3. The number of fused-ring (bicyclic) bond motifs is 3. The van der Waals surface area contributed by atoms with Crippen LogP contribution in [0.4, 0.5) is 0 Å². The van der Waals surface area contributed by atoms with Gasteiger partial charge >= 0.3 is 21.1 Å². The summed E-state index contributed by atoms with van der Waals surface area (Å²) in [6.07, 6.45) is 4.03. The molecule has 250 valence electrons. The van der Waals surface area contributed by atoms with Crippen LogP contribution < -0.4 is 4.74 Å². The van der Waals surface area contributed by atoms with E-state index in [0.717, 1.165) is 63.3 Å². The molecular weight excluding hydrogens is 784 g/mol. The van der Waals surface area contributed by atoms with Crippen LogP contribution in [0.15, 0.2) is 97.2 Å². The minimum Gasteiger partial charge on any atom is -0.509 e. The number of hydrogen-bond donors (Lipinski definition) is 0. The summed E-state index contributed by atoms with van der Waals surface area (Å²) >= 11 is 0. The Labute approximate surface area is 304 Å². The third kappa shape index (κ3) is 7.00. The van der Waals surface area contributed by atoms with Crippen LogP contribution in [-0.2, 0) is 27.5 Å². The predicted octanol–water partition coefficient (Wildman–Crippen LogP) is 11.1. The van der Waals surface area contributed by atoms with Gasteiger partial charge in [-0.25, -0.2) is 4.98 Å². The van der Waals surface area contributed by atoms with E-state index in [9.17, 15) is 0 Å². The first kappa shape index (κ1) is 34.4. The van der Waals surface area contributed by atoms with E-state index in [4.69, 9.17) is 14.8 Å². The Bertz CT molecular complexity index is 2260. The van der Waals surface area contributed by atoms with Crippen molar-refractivity contribution in [2.75, 3.05) is 0 Å². The molecule has 6 heteroatoms. The maximum absolute atomic E-state index is 6.47. The molecule has 5 nitrogen and oxygen atoms in total. The molecule has 49 heavy (non-hydrogen) atoms. The molecule has 0 saturated carbocycles. The van der Waals surface area contributed by atoms with Crippen LogP contribution in [0, 0.1) is 31.4 Å². The van der Waals surface area contributed by atoms with Crippen LogP contribution in [0.5, 0.6) is 11.5 Å². The first-order valence-corrected chi connectivity index (χ1v) is 16.8. The molecule has 0 N–H and O–H groups in total. The summed E-state index contributed by atoms with van der Waals surface area (Å²) in [5.41, 5.74) is 10.0. The summed E-state index contributed by atoms with van der Waals surface area (Å²) in [5, 5.41) is 7.19. The van der Waals surface area contributed by atoms with E-state index in [0.29, 0.717) is 17.4 Å². The average Bonchev–Trinajstić information content (AvgIpc) is 3.56. The summed E-state index contributed by atoms with van der Waals surface area (Å²) in [6.45, 7) is 15.5. The Kier molecular flexibility index (Phi) is 9.69. The van der Waals surface area contributed by atoms with Crippen molar-refractivity contribution in [3.05, 3.63) is 132 Å². The molecular formula is C43H42N4OPt. The van der Waals surface area contributed by atoms with Crippen LogP contribution in [-0.4, -0.2) is 19.3 Å². The molecule has 7 rings (SSSR count). The number of ether oxygens (including phenoxy) is 1. The number of pyridine rings is 1. The summed E-state index contributed by atoms with van der Waals surface area (Å²) in [6, 6.07) is 38.6. The van der Waals surface area contributed by atoms with Crippen LogP contribution in [0.3, 0.4) is 0 Å². The van der Waals surface area contributed by atoms with E-state index < -0.39 is 0 Å². The molecule has 0 saturated heterocycles. The van der Waals surface area contributed by atoms with Crippen LogP contribution in [0.25, 0.3) is 44.4 Å². The van der Waals surface area contributed by atoms with Crippen molar-refractivity contribution in [3.63, 3.8) is 0 Å². The minimum absolute atomic E-state index is 0. The van der Waals surface area contributed by atoms with Gasteiger partial charge in [-0.2, -0.15) is 17.2 Å². The number of nitrogens with zero attached hydrogens (tertiary/aromatic N) is 4. The van der Waals surface area contributed by atoms with E-state index in [1.165, 1.54) is 16.5 Å². The zero-order valence-corrected chi connectivity index (χ0v) is 31.5. The number of hydrogen-bond acceptors (Lipinski definition) is 3. The van der Waals surface area contributed by atoms with Crippen molar-refractivity contribution < 1.29 is 25.8 Å². The zero-order valence-electron chi connectivity index (χ0n) is 29.2. The first-order chi connectivity index (χ1) is 23.1. The standard InChI is InChI=1S/C43H42N4O.Pt/c1-28(2)33-16-19-39-38(25-33)37-18-17-36(27-40(37)46(39)41-24-31(21-23-44-41)20-22-43(5,6)7)48-35-15-11-14-34(26-35)47-30(4)42(29(3)45-47)32-12-9-8-10-13-32;/h8-19,21,23-25,28H,20,22H2,1-7H3;/q-2;+2. The second kappa shape index (κ2) is 13.8. The fourth-order valence-corrected chi connectivity index (χ4v) is 6.49. The zero-order chi connectivity index (χ0) is 33.6.